The lowest BCUT2D eigenvalue weighted by Crippen LogP contribution is -2.49. The van der Waals surface area contributed by atoms with Gasteiger partial charge in [-0.25, -0.2) is 0 Å². The number of ether oxygens (including phenoxy) is 2. The standard InChI is InChI=1S/C21H32N2O4/c1-6-27-21(25)17-9-11-23(12-10-17)20(24)16(4)22-15(3)18-13-14(2)7-8-19(18)26-5/h7-8,13,15-17,22H,6,9-12H2,1-5H3. The smallest absolute Gasteiger partial charge is 0.309 e. The Hall–Kier alpha value is -2.08. The molecule has 0 aliphatic carbocycles. The van der Waals surface area contributed by atoms with Crippen molar-refractivity contribution in [1.82, 2.24) is 10.2 Å². The third-order valence-corrected chi connectivity index (χ3v) is 5.15. The molecule has 1 amide bonds. The number of nitrogens with zero attached hydrogens (tertiary/aromatic N) is 1. The van der Waals surface area contributed by atoms with E-state index in [0.717, 1.165) is 16.9 Å². The number of hydrogen-bond acceptors (Lipinski definition) is 5. The van der Waals surface area contributed by atoms with Crippen molar-refractivity contribution >= 4 is 11.9 Å². The summed E-state index contributed by atoms with van der Waals surface area (Å²) in [6.07, 6.45) is 1.33. The molecule has 0 radical (unpaired) electrons. The number of amides is 1. The van der Waals surface area contributed by atoms with Crippen molar-refractivity contribution in [3.8, 4) is 5.75 Å². The lowest BCUT2D eigenvalue weighted by molar-refractivity contribution is -0.151. The van der Waals surface area contributed by atoms with E-state index in [0.29, 0.717) is 32.5 Å². The van der Waals surface area contributed by atoms with Crippen molar-refractivity contribution < 1.29 is 19.1 Å². The minimum Gasteiger partial charge on any atom is -0.496 e. The van der Waals surface area contributed by atoms with Crippen LogP contribution in [0.2, 0.25) is 0 Å². The molecule has 6 nitrogen and oxygen atoms in total. The molecule has 0 bridgehead atoms. The zero-order chi connectivity index (χ0) is 20.0. The highest BCUT2D eigenvalue weighted by Crippen LogP contribution is 2.27. The second-order valence-electron chi connectivity index (χ2n) is 7.21. The van der Waals surface area contributed by atoms with Crippen LogP contribution in [0.4, 0.5) is 0 Å². The zero-order valence-corrected chi connectivity index (χ0v) is 17.1. The Morgan fingerprint density at radius 3 is 2.52 bits per heavy atom. The lowest BCUT2D eigenvalue weighted by atomic mass is 9.96. The number of carbonyl (C=O) groups is 2. The topological polar surface area (TPSA) is 67.9 Å². The van der Waals surface area contributed by atoms with Gasteiger partial charge in [-0.05, 0) is 46.6 Å². The van der Waals surface area contributed by atoms with Crippen LogP contribution in [0.1, 0.15) is 50.8 Å². The van der Waals surface area contributed by atoms with Gasteiger partial charge in [0.15, 0.2) is 0 Å². The Kier molecular flexibility index (Phi) is 7.66. The van der Waals surface area contributed by atoms with Crippen LogP contribution in [0.25, 0.3) is 0 Å². The van der Waals surface area contributed by atoms with Gasteiger partial charge >= 0.3 is 5.97 Å². The summed E-state index contributed by atoms with van der Waals surface area (Å²) < 4.78 is 10.5. The quantitative estimate of drug-likeness (QED) is 0.741. The van der Waals surface area contributed by atoms with E-state index in [1.807, 2.05) is 44.7 Å². The monoisotopic (exact) mass is 376 g/mol. The van der Waals surface area contributed by atoms with E-state index in [2.05, 4.69) is 11.4 Å². The van der Waals surface area contributed by atoms with Gasteiger partial charge in [0, 0.05) is 24.7 Å². The molecule has 27 heavy (non-hydrogen) atoms. The van der Waals surface area contributed by atoms with Crippen molar-refractivity contribution in [2.45, 2.75) is 52.6 Å². The first-order valence-electron chi connectivity index (χ1n) is 9.73. The number of rotatable bonds is 7. The molecule has 1 aromatic rings. The van der Waals surface area contributed by atoms with E-state index in [-0.39, 0.29) is 29.9 Å². The van der Waals surface area contributed by atoms with Gasteiger partial charge in [0.1, 0.15) is 5.75 Å². The largest absolute Gasteiger partial charge is 0.496 e. The van der Waals surface area contributed by atoms with Gasteiger partial charge in [0.2, 0.25) is 5.91 Å². The summed E-state index contributed by atoms with van der Waals surface area (Å²) in [7, 11) is 1.66. The SMILES string of the molecule is CCOC(=O)C1CCN(C(=O)C(C)NC(C)c2cc(C)ccc2OC)CC1. The highest BCUT2D eigenvalue weighted by Gasteiger charge is 2.30. The number of methoxy groups -OCH3 is 1. The Bertz CT molecular complexity index is 654. The second kappa shape index (κ2) is 9.74. The van der Waals surface area contributed by atoms with E-state index < -0.39 is 0 Å². The molecule has 0 spiro atoms. The molecule has 1 fully saturated rings. The molecule has 1 heterocycles. The summed E-state index contributed by atoms with van der Waals surface area (Å²) in [5, 5.41) is 3.39. The Labute approximate surface area is 162 Å². The van der Waals surface area contributed by atoms with Gasteiger partial charge in [0.05, 0.1) is 25.7 Å². The Morgan fingerprint density at radius 2 is 1.93 bits per heavy atom. The van der Waals surface area contributed by atoms with Crippen molar-refractivity contribution in [1.29, 1.82) is 0 Å². The fourth-order valence-corrected chi connectivity index (χ4v) is 3.60. The highest BCUT2D eigenvalue weighted by molar-refractivity contribution is 5.82. The van der Waals surface area contributed by atoms with Gasteiger partial charge in [-0.1, -0.05) is 17.7 Å². The predicted molar refractivity (Wildman–Crippen MR) is 105 cm³/mol. The Balaban J connectivity index is 1.92. The average Bonchev–Trinajstić information content (AvgIpc) is 2.67. The molecule has 2 rings (SSSR count). The molecule has 0 aromatic heterocycles. The molecule has 1 aliphatic rings. The number of piperidine rings is 1. The number of benzene rings is 1. The minimum atomic E-state index is -0.315. The number of likely N-dealkylation sites (tertiary alicyclic amines) is 1. The molecule has 1 saturated heterocycles. The molecular formula is C21H32N2O4. The number of carbonyl (C=O) groups excluding carboxylic acids is 2. The van der Waals surface area contributed by atoms with E-state index in [4.69, 9.17) is 9.47 Å². The van der Waals surface area contributed by atoms with Gasteiger partial charge in [0.25, 0.3) is 0 Å². The van der Waals surface area contributed by atoms with Crippen LogP contribution in [-0.2, 0) is 14.3 Å². The predicted octanol–water partition coefficient (Wildman–Crippen LogP) is 2.84. The van der Waals surface area contributed by atoms with Gasteiger partial charge in [-0.2, -0.15) is 0 Å². The first-order valence-corrected chi connectivity index (χ1v) is 9.73. The van der Waals surface area contributed by atoms with Crippen LogP contribution in [-0.4, -0.2) is 49.6 Å². The molecule has 0 saturated carbocycles. The number of aryl methyl sites for hydroxylation is 1. The van der Waals surface area contributed by atoms with E-state index in [9.17, 15) is 9.59 Å². The average molecular weight is 376 g/mol. The molecule has 6 heteroatoms. The maximum absolute atomic E-state index is 12.8. The van der Waals surface area contributed by atoms with Crippen LogP contribution in [0.3, 0.4) is 0 Å². The summed E-state index contributed by atoms with van der Waals surface area (Å²) >= 11 is 0. The van der Waals surface area contributed by atoms with Crippen molar-refractivity contribution in [2.24, 2.45) is 5.92 Å². The van der Waals surface area contributed by atoms with E-state index >= 15 is 0 Å². The first kappa shape index (κ1) is 21.2. The Morgan fingerprint density at radius 1 is 1.26 bits per heavy atom. The summed E-state index contributed by atoms with van der Waals surface area (Å²) in [5.74, 6) is 0.648. The fourth-order valence-electron chi connectivity index (χ4n) is 3.60. The van der Waals surface area contributed by atoms with Crippen molar-refractivity contribution in [3.63, 3.8) is 0 Å². The lowest BCUT2D eigenvalue weighted by Gasteiger charge is -2.33. The molecular weight excluding hydrogens is 344 g/mol. The molecule has 2 atom stereocenters. The maximum atomic E-state index is 12.8. The zero-order valence-electron chi connectivity index (χ0n) is 17.1. The summed E-state index contributed by atoms with van der Waals surface area (Å²) in [6, 6.07) is 5.71. The van der Waals surface area contributed by atoms with Gasteiger partial charge < -0.3 is 14.4 Å². The van der Waals surface area contributed by atoms with Crippen molar-refractivity contribution in [3.05, 3.63) is 29.3 Å². The van der Waals surface area contributed by atoms with Crippen molar-refractivity contribution in [2.75, 3.05) is 26.8 Å². The van der Waals surface area contributed by atoms with E-state index in [1.54, 1.807) is 7.11 Å². The van der Waals surface area contributed by atoms with Gasteiger partial charge in [-0.3, -0.25) is 14.9 Å². The number of esters is 1. The summed E-state index contributed by atoms with van der Waals surface area (Å²) in [5.41, 5.74) is 2.19. The van der Waals surface area contributed by atoms with Crippen LogP contribution in [0.5, 0.6) is 5.75 Å². The van der Waals surface area contributed by atoms with Gasteiger partial charge in [-0.15, -0.1) is 0 Å². The third-order valence-electron chi connectivity index (χ3n) is 5.15. The highest BCUT2D eigenvalue weighted by atomic mass is 16.5. The number of hydrogen-bond donors (Lipinski definition) is 1. The minimum absolute atomic E-state index is 0.0177. The second-order valence-corrected chi connectivity index (χ2v) is 7.21. The van der Waals surface area contributed by atoms with E-state index in [1.165, 1.54) is 0 Å². The summed E-state index contributed by atoms with van der Waals surface area (Å²) in [6.45, 7) is 9.37. The molecule has 1 aromatic carbocycles. The molecule has 2 unspecified atom stereocenters. The number of nitrogens with one attached hydrogen (secondary N) is 1. The maximum Gasteiger partial charge on any atom is 0.309 e. The van der Waals surface area contributed by atoms with Crippen LogP contribution in [0.15, 0.2) is 18.2 Å². The molecule has 1 aliphatic heterocycles. The molecule has 1 N–H and O–H groups in total. The molecule has 150 valence electrons. The third kappa shape index (κ3) is 5.45. The fraction of sp³-hybridized carbons (Fsp3) is 0.619. The van der Waals surface area contributed by atoms with Crippen LogP contribution < -0.4 is 10.1 Å². The summed E-state index contributed by atoms with van der Waals surface area (Å²) in [4.78, 5) is 26.5. The first-order chi connectivity index (χ1) is 12.9. The normalized spacial score (nSPS) is 17.3. The van der Waals surface area contributed by atoms with Crippen LogP contribution >= 0.6 is 0 Å². The van der Waals surface area contributed by atoms with Crippen LogP contribution in [0, 0.1) is 12.8 Å².